The van der Waals surface area contributed by atoms with E-state index in [1.807, 2.05) is 0 Å². The fourth-order valence-electron chi connectivity index (χ4n) is 1.20. The molecular formula is C12H12N2O4. The van der Waals surface area contributed by atoms with Gasteiger partial charge >= 0.3 is 5.97 Å². The van der Waals surface area contributed by atoms with Crippen molar-refractivity contribution in [3.8, 4) is 0 Å². The van der Waals surface area contributed by atoms with E-state index in [0.29, 0.717) is 11.6 Å². The Morgan fingerprint density at radius 1 is 1.11 bits per heavy atom. The first-order chi connectivity index (χ1) is 8.50. The van der Waals surface area contributed by atoms with Crippen molar-refractivity contribution in [3.63, 3.8) is 0 Å². The van der Waals surface area contributed by atoms with Crippen molar-refractivity contribution in [3.05, 3.63) is 47.5 Å². The first kappa shape index (κ1) is 13.4. The lowest BCUT2D eigenvalue weighted by Crippen LogP contribution is -2.41. The molecule has 3 N–H and O–H groups in total. The molecule has 1 aromatic carbocycles. The van der Waals surface area contributed by atoms with Gasteiger partial charge in [0, 0.05) is 17.7 Å². The lowest BCUT2D eigenvalue weighted by atomic mass is 10.1. The molecule has 1 rings (SSSR count). The Balaban J connectivity index is 2.55. The molecule has 0 aliphatic heterocycles. The second-order valence-electron chi connectivity index (χ2n) is 3.43. The molecule has 2 amide bonds. The van der Waals surface area contributed by atoms with Gasteiger partial charge in [-0.05, 0) is 18.6 Å². The van der Waals surface area contributed by atoms with Gasteiger partial charge in [0.25, 0.3) is 11.8 Å². The van der Waals surface area contributed by atoms with Gasteiger partial charge in [0.1, 0.15) is 0 Å². The third-order valence-electron chi connectivity index (χ3n) is 2.07. The minimum atomic E-state index is -1.24. The average Bonchev–Trinajstić information content (AvgIpc) is 2.34. The van der Waals surface area contributed by atoms with E-state index < -0.39 is 17.8 Å². The highest BCUT2D eigenvalue weighted by Gasteiger charge is 2.08. The summed E-state index contributed by atoms with van der Waals surface area (Å²) in [5.41, 5.74) is 5.45. The molecule has 0 saturated carbocycles. The van der Waals surface area contributed by atoms with Gasteiger partial charge in [-0.2, -0.15) is 0 Å². The minimum Gasteiger partial charge on any atom is -0.478 e. The van der Waals surface area contributed by atoms with Crippen molar-refractivity contribution in [2.24, 2.45) is 0 Å². The molecule has 0 spiro atoms. The molecular weight excluding hydrogens is 236 g/mol. The van der Waals surface area contributed by atoms with Gasteiger partial charge in [0.2, 0.25) is 0 Å². The summed E-state index contributed by atoms with van der Waals surface area (Å²) in [5.74, 6) is -2.43. The Hall–Kier alpha value is -2.63. The monoisotopic (exact) mass is 248 g/mol. The van der Waals surface area contributed by atoms with Gasteiger partial charge in [-0.25, -0.2) is 4.79 Å². The van der Waals surface area contributed by atoms with Crippen molar-refractivity contribution < 1.29 is 19.5 Å². The third kappa shape index (κ3) is 4.09. The molecule has 18 heavy (non-hydrogen) atoms. The van der Waals surface area contributed by atoms with E-state index in [2.05, 4.69) is 10.9 Å². The lowest BCUT2D eigenvalue weighted by Gasteiger charge is -2.07. The Kier molecular flexibility index (Phi) is 4.62. The smallest absolute Gasteiger partial charge is 0.328 e. The van der Waals surface area contributed by atoms with Crippen molar-refractivity contribution in [2.75, 3.05) is 0 Å². The fraction of sp³-hybridized carbons (Fsp3) is 0.0833. The van der Waals surface area contributed by atoms with E-state index in [1.54, 1.807) is 31.2 Å². The molecule has 0 radical (unpaired) electrons. The highest BCUT2D eigenvalue weighted by Crippen LogP contribution is 2.05. The zero-order valence-corrected chi connectivity index (χ0v) is 9.64. The van der Waals surface area contributed by atoms with Crippen LogP contribution in [0.2, 0.25) is 0 Å². The van der Waals surface area contributed by atoms with Crippen molar-refractivity contribution in [1.82, 2.24) is 10.9 Å². The van der Waals surface area contributed by atoms with Crippen LogP contribution >= 0.6 is 0 Å². The Morgan fingerprint density at radius 2 is 1.78 bits per heavy atom. The van der Waals surface area contributed by atoms with Crippen LogP contribution in [0.3, 0.4) is 0 Å². The molecule has 6 heteroatoms. The fourth-order valence-corrected chi connectivity index (χ4v) is 1.20. The van der Waals surface area contributed by atoms with E-state index in [1.165, 1.54) is 0 Å². The predicted molar refractivity (Wildman–Crippen MR) is 63.6 cm³/mol. The van der Waals surface area contributed by atoms with Crippen LogP contribution in [0.5, 0.6) is 0 Å². The largest absolute Gasteiger partial charge is 0.478 e. The quantitative estimate of drug-likeness (QED) is 0.533. The molecule has 0 saturated heterocycles. The van der Waals surface area contributed by atoms with Crippen LogP contribution in [0.4, 0.5) is 0 Å². The summed E-state index contributed by atoms with van der Waals surface area (Å²) in [6.45, 7) is 1.76. The number of benzene rings is 1. The first-order valence-electron chi connectivity index (χ1n) is 5.07. The summed E-state index contributed by atoms with van der Waals surface area (Å²) in [6.07, 6.45) is 1.48. The van der Waals surface area contributed by atoms with Crippen LogP contribution < -0.4 is 10.9 Å². The number of carboxylic acids is 1. The second kappa shape index (κ2) is 6.19. The molecule has 0 unspecified atom stereocenters. The Labute approximate surface area is 103 Å². The molecule has 0 aromatic heterocycles. The summed E-state index contributed by atoms with van der Waals surface area (Å²) in [6, 6.07) is 6.87. The van der Waals surface area contributed by atoms with Crippen LogP contribution in [-0.2, 0) is 9.59 Å². The Morgan fingerprint density at radius 3 is 2.39 bits per heavy atom. The number of hydrazine groups is 1. The molecule has 0 aliphatic carbocycles. The van der Waals surface area contributed by atoms with Gasteiger partial charge in [-0.3, -0.25) is 20.4 Å². The summed E-state index contributed by atoms with van der Waals surface area (Å²) < 4.78 is 0. The number of aryl methyl sites for hydroxylation is 1. The molecule has 1 aromatic rings. The van der Waals surface area contributed by atoms with Crippen LogP contribution in [0.1, 0.15) is 15.9 Å². The van der Waals surface area contributed by atoms with Crippen molar-refractivity contribution in [2.45, 2.75) is 6.92 Å². The van der Waals surface area contributed by atoms with E-state index in [4.69, 9.17) is 5.11 Å². The van der Waals surface area contributed by atoms with Gasteiger partial charge in [-0.15, -0.1) is 0 Å². The van der Waals surface area contributed by atoms with E-state index >= 15 is 0 Å². The minimum absolute atomic E-state index is 0.431. The van der Waals surface area contributed by atoms with E-state index in [9.17, 15) is 14.4 Å². The molecule has 6 nitrogen and oxygen atoms in total. The molecule has 94 valence electrons. The van der Waals surface area contributed by atoms with E-state index in [0.717, 1.165) is 11.6 Å². The predicted octanol–water partition coefficient (Wildman–Crippen LogP) is 0.397. The number of carbonyl (C=O) groups is 3. The molecule has 0 aliphatic rings. The number of hydrogen-bond acceptors (Lipinski definition) is 3. The maximum atomic E-state index is 11.6. The first-order valence-corrected chi connectivity index (χ1v) is 5.07. The van der Waals surface area contributed by atoms with Crippen LogP contribution in [0.15, 0.2) is 36.4 Å². The SMILES string of the molecule is Cc1ccccc1C(=O)NNC(=O)C=CC(=O)O. The number of rotatable bonds is 3. The zero-order valence-electron chi connectivity index (χ0n) is 9.64. The van der Waals surface area contributed by atoms with Crippen LogP contribution in [0.25, 0.3) is 0 Å². The highest BCUT2D eigenvalue weighted by atomic mass is 16.4. The standard InChI is InChI=1S/C12H12N2O4/c1-8-4-2-3-5-9(8)12(18)14-13-10(15)6-7-11(16)17/h2-7H,1H3,(H,13,15)(H,14,18)(H,16,17). The third-order valence-corrected chi connectivity index (χ3v) is 2.07. The van der Waals surface area contributed by atoms with Crippen LogP contribution in [-0.4, -0.2) is 22.9 Å². The summed E-state index contributed by atoms with van der Waals surface area (Å²) in [7, 11) is 0. The Bertz CT molecular complexity index is 509. The zero-order chi connectivity index (χ0) is 13.5. The second-order valence-corrected chi connectivity index (χ2v) is 3.43. The number of carboxylic acid groups (broad SMARTS) is 1. The van der Waals surface area contributed by atoms with Crippen molar-refractivity contribution in [1.29, 1.82) is 0 Å². The normalized spacial score (nSPS) is 10.1. The topological polar surface area (TPSA) is 95.5 Å². The average molecular weight is 248 g/mol. The number of nitrogens with one attached hydrogen (secondary N) is 2. The number of carbonyl (C=O) groups excluding carboxylic acids is 2. The number of hydrogen-bond donors (Lipinski definition) is 3. The van der Waals surface area contributed by atoms with Crippen LogP contribution in [0, 0.1) is 6.92 Å². The summed E-state index contributed by atoms with van der Waals surface area (Å²) >= 11 is 0. The number of aliphatic carboxylic acids is 1. The van der Waals surface area contributed by atoms with Gasteiger partial charge in [0.15, 0.2) is 0 Å². The molecule has 0 atom stereocenters. The maximum absolute atomic E-state index is 11.6. The van der Waals surface area contributed by atoms with E-state index in [-0.39, 0.29) is 0 Å². The summed E-state index contributed by atoms with van der Waals surface area (Å²) in [5, 5.41) is 8.30. The summed E-state index contributed by atoms with van der Waals surface area (Å²) in [4.78, 5) is 32.9. The maximum Gasteiger partial charge on any atom is 0.328 e. The molecule has 0 bridgehead atoms. The van der Waals surface area contributed by atoms with Gasteiger partial charge < -0.3 is 5.11 Å². The molecule has 0 heterocycles. The highest BCUT2D eigenvalue weighted by molar-refractivity contribution is 5.99. The van der Waals surface area contributed by atoms with Gasteiger partial charge in [0.05, 0.1) is 0 Å². The van der Waals surface area contributed by atoms with Crippen molar-refractivity contribution >= 4 is 17.8 Å². The molecule has 0 fully saturated rings. The van der Waals surface area contributed by atoms with Gasteiger partial charge in [-0.1, -0.05) is 18.2 Å². The lowest BCUT2D eigenvalue weighted by molar-refractivity contribution is -0.131. The number of amides is 2.